The first-order valence-electron chi connectivity index (χ1n) is 7.20. The molecule has 1 aromatic heterocycles. The number of hydrogen-bond donors (Lipinski definition) is 1. The molecule has 0 amide bonds. The maximum absolute atomic E-state index is 6.05. The van der Waals surface area contributed by atoms with E-state index in [4.69, 9.17) is 16.3 Å². The molecule has 5 heteroatoms. The van der Waals surface area contributed by atoms with E-state index in [1.807, 2.05) is 39.1 Å². The van der Waals surface area contributed by atoms with Crippen LogP contribution in [0.15, 0.2) is 18.2 Å². The second-order valence-electron chi connectivity index (χ2n) is 5.18. The Balaban J connectivity index is 2.23. The quantitative estimate of drug-likeness (QED) is 0.820. The Kier molecular flexibility index (Phi) is 5.26. The number of nitrogens with zero attached hydrogens (tertiary/aromatic N) is 2. The Morgan fingerprint density at radius 2 is 2.10 bits per heavy atom. The van der Waals surface area contributed by atoms with Gasteiger partial charge in [0, 0.05) is 18.6 Å². The van der Waals surface area contributed by atoms with Crippen molar-refractivity contribution >= 4 is 11.6 Å². The van der Waals surface area contributed by atoms with E-state index in [1.54, 1.807) is 4.68 Å². The van der Waals surface area contributed by atoms with Gasteiger partial charge < -0.3 is 10.1 Å². The first-order chi connectivity index (χ1) is 10.0. The van der Waals surface area contributed by atoms with E-state index >= 15 is 0 Å². The predicted octanol–water partition coefficient (Wildman–Crippen LogP) is 3.98. The molecular formula is C16H22ClN3O. The maximum atomic E-state index is 6.05. The molecule has 2 aromatic rings. The standard InChI is InChI=1S/C16H22ClN3O/c1-5-8-18-10-14-12(3)19-20(4)16(14)21-13-6-7-15(17)11(2)9-13/h6-7,9,18H,5,8,10H2,1-4H3. The molecular weight excluding hydrogens is 286 g/mol. The zero-order chi connectivity index (χ0) is 15.4. The molecule has 0 spiro atoms. The lowest BCUT2D eigenvalue weighted by molar-refractivity contribution is 0.423. The molecule has 0 atom stereocenters. The number of aromatic nitrogens is 2. The molecule has 0 aliphatic carbocycles. The van der Waals surface area contributed by atoms with E-state index in [0.717, 1.165) is 53.0 Å². The van der Waals surface area contributed by atoms with Crippen LogP contribution in [-0.2, 0) is 13.6 Å². The molecule has 0 radical (unpaired) electrons. The third-order valence-electron chi connectivity index (χ3n) is 3.36. The van der Waals surface area contributed by atoms with Gasteiger partial charge in [-0.25, -0.2) is 4.68 Å². The van der Waals surface area contributed by atoms with Crippen molar-refractivity contribution in [1.29, 1.82) is 0 Å². The van der Waals surface area contributed by atoms with Gasteiger partial charge in [-0.3, -0.25) is 0 Å². The summed E-state index contributed by atoms with van der Waals surface area (Å²) in [4.78, 5) is 0. The van der Waals surface area contributed by atoms with Gasteiger partial charge in [0.1, 0.15) is 5.75 Å². The van der Waals surface area contributed by atoms with Gasteiger partial charge >= 0.3 is 0 Å². The van der Waals surface area contributed by atoms with Crippen molar-refractivity contribution in [2.24, 2.45) is 7.05 Å². The van der Waals surface area contributed by atoms with Gasteiger partial charge in [0.05, 0.1) is 11.3 Å². The van der Waals surface area contributed by atoms with Gasteiger partial charge in [0.15, 0.2) is 0 Å². The number of benzene rings is 1. The van der Waals surface area contributed by atoms with E-state index in [1.165, 1.54) is 0 Å². The summed E-state index contributed by atoms with van der Waals surface area (Å²) in [6, 6.07) is 5.67. The molecule has 0 saturated heterocycles. The fourth-order valence-electron chi connectivity index (χ4n) is 2.19. The Morgan fingerprint density at radius 3 is 2.76 bits per heavy atom. The SMILES string of the molecule is CCCNCc1c(C)nn(C)c1Oc1ccc(Cl)c(C)c1. The van der Waals surface area contributed by atoms with Crippen LogP contribution >= 0.6 is 11.6 Å². The number of ether oxygens (including phenoxy) is 1. The number of hydrogen-bond acceptors (Lipinski definition) is 3. The smallest absolute Gasteiger partial charge is 0.222 e. The zero-order valence-electron chi connectivity index (χ0n) is 13.0. The van der Waals surface area contributed by atoms with E-state index in [9.17, 15) is 0 Å². The predicted molar refractivity (Wildman–Crippen MR) is 86.2 cm³/mol. The average Bonchev–Trinajstić information content (AvgIpc) is 2.70. The largest absolute Gasteiger partial charge is 0.439 e. The zero-order valence-corrected chi connectivity index (χ0v) is 13.8. The highest BCUT2D eigenvalue weighted by molar-refractivity contribution is 6.31. The van der Waals surface area contributed by atoms with E-state index in [0.29, 0.717) is 0 Å². The Bertz CT molecular complexity index is 622. The van der Waals surface area contributed by atoms with Gasteiger partial charge in [-0.1, -0.05) is 18.5 Å². The first kappa shape index (κ1) is 15.9. The molecule has 0 bridgehead atoms. The fraction of sp³-hybridized carbons (Fsp3) is 0.438. The van der Waals surface area contributed by atoms with Crippen molar-refractivity contribution < 1.29 is 4.74 Å². The summed E-state index contributed by atoms with van der Waals surface area (Å²) in [5.74, 6) is 1.55. The van der Waals surface area contributed by atoms with Gasteiger partial charge in [-0.05, 0) is 50.6 Å². The van der Waals surface area contributed by atoms with Crippen LogP contribution in [0, 0.1) is 13.8 Å². The van der Waals surface area contributed by atoms with Crippen LogP contribution in [0.1, 0.15) is 30.2 Å². The molecule has 21 heavy (non-hydrogen) atoms. The molecule has 0 saturated carbocycles. The van der Waals surface area contributed by atoms with E-state index in [-0.39, 0.29) is 0 Å². The van der Waals surface area contributed by atoms with Gasteiger partial charge in [0.2, 0.25) is 5.88 Å². The topological polar surface area (TPSA) is 39.1 Å². The molecule has 114 valence electrons. The molecule has 0 unspecified atom stereocenters. The highest BCUT2D eigenvalue weighted by Crippen LogP contribution is 2.29. The lowest BCUT2D eigenvalue weighted by Gasteiger charge is -2.10. The molecule has 0 aliphatic heterocycles. The van der Waals surface area contributed by atoms with Crippen molar-refractivity contribution in [2.45, 2.75) is 33.7 Å². The first-order valence-corrected chi connectivity index (χ1v) is 7.58. The second kappa shape index (κ2) is 6.96. The average molecular weight is 308 g/mol. The number of aryl methyl sites for hydroxylation is 3. The normalized spacial score (nSPS) is 10.9. The number of halogens is 1. The van der Waals surface area contributed by atoms with E-state index < -0.39 is 0 Å². The van der Waals surface area contributed by atoms with Crippen LogP contribution in [0.4, 0.5) is 0 Å². The van der Waals surface area contributed by atoms with Crippen molar-refractivity contribution in [3.05, 3.63) is 40.0 Å². The highest BCUT2D eigenvalue weighted by Gasteiger charge is 2.15. The van der Waals surface area contributed by atoms with Crippen molar-refractivity contribution in [1.82, 2.24) is 15.1 Å². The minimum absolute atomic E-state index is 0.744. The summed E-state index contributed by atoms with van der Waals surface area (Å²) in [5.41, 5.74) is 3.08. The van der Waals surface area contributed by atoms with E-state index in [2.05, 4.69) is 17.3 Å². The number of nitrogens with one attached hydrogen (secondary N) is 1. The van der Waals surface area contributed by atoms with Crippen molar-refractivity contribution in [2.75, 3.05) is 6.54 Å². The summed E-state index contributed by atoms with van der Waals surface area (Å²) in [6.07, 6.45) is 1.10. The second-order valence-corrected chi connectivity index (χ2v) is 5.59. The highest BCUT2D eigenvalue weighted by atomic mass is 35.5. The lowest BCUT2D eigenvalue weighted by Crippen LogP contribution is -2.14. The third kappa shape index (κ3) is 3.77. The van der Waals surface area contributed by atoms with Crippen LogP contribution in [0.5, 0.6) is 11.6 Å². The minimum Gasteiger partial charge on any atom is -0.439 e. The molecule has 1 N–H and O–H groups in total. The van der Waals surface area contributed by atoms with Gasteiger partial charge in [0.25, 0.3) is 0 Å². The van der Waals surface area contributed by atoms with Crippen LogP contribution in [0.3, 0.4) is 0 Å². The van der Waals surface area contributed by atoms with Crippen LogP contribution < -0.4 is 10.1 Å². The summed E-state index contributed by atoms with van der Waals surface area (Å²) < 4.78 is 7.81. The Hall–Kier alpha value is -1.52. The van der Waals surface area contributed by atoms with Crippen LogP contribution in [0.2, 0.25) is 5.02 Å². The molecule has 0 aliphatic rings. The Labute approximate surface area is 131 Å². The van der Waals surface area contributed by atoms with Crippen LogP contribution in [0.25, 0.3) is 0 Å². The molecule has 1 heterocycles. The van der Waals surface area contributed by atoms with Crippen LogP contribution in [-0.4, -0.2) is 16.3 Å². The molecule has 0 fully saturated rings. The molecule has 2 rings (SSSR count). The van der Waals surface area contributed by atoms with Gasteiger partial charge in [-0.2, -0.15) is 5.10 Å². The Morgan fingerprint density at radius 1 is 1.33 bits per heavy atom. The number of rotatable bonds is 6. The lowest BCUT2D eigenvalue weighted by atomic mass is 10.2. The summed E-state index contributed by atoms with van der Waals surface area (Å²) in [6.45, 7) is 7.86. The monoisotopic (exact) mass is 307 g/mol. The maximum Gasteiger partial charge on any atom is 0.222 e. The van der Waals surface area contributed by atoms with Crippen molar-refractivity contribution in [3.63, 3.8) is 0 Å². The third-order valence-corrected chi connectivity index (χ3v) is 3.79. The summed E-state index contributed by atoms with van der Waals surface area (Å²) in [5, 5.41) is 8.59. The van der Waals surface area contributed by atoms with Gasteiger partial charge in [-0.15, -0.1) is 0 Å². The fourth-order valence-corrected chi connectivity index (χ4v) is 2.31. The van der Waals surface area contributed by atoms with Crippen molar-refractivity contribution in [3.8, 4) is 11.6 Å². The minimum atomic E-state index is 0.744. The molecule has 4 nitrogen and oxygen atoms in total. The summed E-state index contributed by atoms with van der Waals surface area (Å²) >= 11 is 6.05. The molecule has 1 aromatic carbocycles. The summed E-state index contributed by atoms with van der Waals surface area (Å²) in [7, 11) is 1.90.